The Labute approximate surface area is 177 Å². The molecule has 5 rings (SSSR count). The topological polar surface area (TPSA) is 9.23 Å². The molecule has 0 spiro atoms. The molecule has 29 heavy (non-hydrogen) atoms. The van der Waals surface area contributed by atoms with Gasteiger partial charge in [-0.1, -0.05) is 79.8 Å². The zero-order chi connectivity index (χ0) is 20.3. The Morgan fingerprint density at radius 3 is 2.41 bits per heavy atom. The zero-order valence-corrected chi connectivity index (χ0v) is 18.6. The van der Waals surface area contributed by atoms with Crippen LogP contribution in [0.1, 0.15) is 74.1 Å². The number of benzene rings is 2. The van der Waals surface area contributed by atoms with Crippen molar-refractivity contribution in [3.63, 3.8) is 0 Å². The van der Waals surface area contributed by atoms with E-state index in [-0.39, 0.29) is 5.60 Å². The van der Waals surface area contributed by atoms with Gasteiger partial charge in [0.1, 0.15) is 5.60 Å². The maximum absolute atomic E-state index is 6.93. The van der Waals surface area contributed by atoms with Gasteiger partial charge < -0.3 is 4.74 Å². The monoisotopic (exact) mass is 390 g/mol. The molecular formula is C28H38O. The molecule has 2 aromatic rings. The van der Waals surface area contributed by atoms with Crippen molar-refractivity contribution in [2.75, 3.05) is 6.61 Å². The third kappa shape index (κ3) is 4.31. The number of hydrogen-bond donors (Lipinski definition) is 0. The second kappa shape index (κ2) is 9.04. The molecule has 3 aliphatic carbocycles. The Balaban J connectivity index is 1.83. The highest BCUT2D eigenvalue weighted by atomic mass is 16.5. The first-order valence-electron chi connectivity index (χ1n) is 11.9. The van der Waals surface area contributed by atoms with Crippen LogP contribution in [0.5, 0.6) is 0 Å². The van der Waals surface area contributed by atoms with Crippen LogP contribution in [0.4, 0.5) is 0 Å². The van der Waals surface area contributed by atoms with Crippen LogP contribution in [0.15, 0.2) is 48.5 Å². The molecule has 2 aromatic carbocycles. The van der Waals surface area contributed by atoms with Crippen LogP contribution in [-0.4, -0.2) is 6.61 Å². The fourth-order valence-electron chi connectivity index (χ4n) is 6.45. The summed E-state index contributed by atoms with van der Waals surface area (Å²) in [5.74, 6) is 2.39. The van der Waals surface area contributed by atoms with Crippen LogP contribution < -0.4 is 0 Å². The van der Waals surface area contributed by atoms with Gasteiger partial charge in [-0.05, 0) is 74.5 Å². The van der Waals surface area contributed by atoms with Gasteiger partial charge in [0.05, 0.1) is 0 Å². The zero-order valence-electron chi connectivity index (χ0n) is 18.6. The summed E-state index contributed by atoms with van der Waals surface area (Å²) in [6.07, 6.45) is 10.7. The van der Waals surface area contributed by atoms with Gasteiger partial charge in [-0.3, -0.25) is 0 Å². The summed E-state index contributed by atoms with van der Waals surface area (Å²) in [7, 11) is 0. The van der Waals surface area contributed by atoms with Crippen LogP contribution >= 0.6 is 0 Å². The Bertz CT molecular complexity index is 799. The van der Waals surface area contributed by atoms with Crippen LogP contribution in [0, 0.1) is 31.6 Å². The molecule has 3 fully saturated rings. The van der Waals surface area contributed by atoms with Gasteiger partial charge in [0.2, 0.25) is 0 Å². The van der Waals surface area contributed by atoms with Gasteiger partial charge in [-0.25, -0.2) is 0 Å². The average Bonchev–Trinajstić information content (AvgIpc) is 2.69. The largest absolute Gasteiger partial charge is 0.370 e. The average molecular weight is 391 g/mol. The normalized spacial score (nSPS) is 26.5. The van der Waals surface area contributed by atoms with Gasteiger partial charge >= 0.3 is 0 Å². The van der Waals surface area contributed by atoms with Gasteiger partial charge in [0, 0.05) is 13.0 Å². The summed E-state index contributed by atoms with van der Waals surface area (Å²) < 4.78 is 6.93. The summed E-state index contributed by atoms with van der Waals surface area (Å²) in [5, 5.41) is 0. The fraction of sp³-hybridized carbons (Fsp3) is 0.571. The first-order chi connectivity index (χ1) is 14.1. The minimum absolute atomic E-state index is 0.220. The molecule has 156 valence electrons. The minimum atomic E-state index is -0.220. The highest BCUT2D eigenvalue weighted by Crippen LogP contribution is 2.51. The highest BCUT2D eigenvalue weighted by molar-refractivity contribution is 5.36. The molecule has 1 nitrogen and oxygen atoms in total. The Kier molecular flexibility index (Phi) is 6.44. The van der Waals surface area contributed by atoms with Gasteiger partial charge in [-0.15, -0.1) is 0 Å². The van der Waals surface area contributed by atoms with E-state index >= 15 is 0 Å². The number of fused-ring (bicyclic) bond motifs is 5. The molecule has 0 aromatic heterocycles. The summed E-state index contributed by atoms with van der Waals surface area (Å²) in [6, 6.07) is 18.1. The van der Waals surface area contributed by atoms with E-state index < -0.39 is 0 Å². The predicted octanol–water partition coefficient (Wildman–Crippen LogP) is 7.38. The van der Waals surface area contributed by atoms with Crippen molar-refractivity contribution in [2.24, 2.45) is 17.8 Å². The minimum Gasteiger partial charge on any atom is -0.370 e. The highest BCUT2D eigenvalue weighted by Gasteiger charge is 2.47. The Hall–Kier alpha value is -1.60. The first-order valence-corrected chi connectivity index (χ1v) is 11.9. The van der Waals surface area contributed by atoms with Gasteiger partial charge in [-0.2, -0.15) is 0 Å². The lowest BCUT2D eigenvalue weighted by atomic mass is 9.61. The maximum atomic E-state index is 6.93. The van der Waals surface area contributed by atoms with E-state index in [4.69, 9.17) is 4.74 Å². The molecule has 2 unspecified atom stereocenters. The molecule has 0 aliphatic heterocycles. The van der Waals surface area contributed by atoms with Crippen molar-refractivity contribution in [2.45, 2.75) is 77.7 Å². The van der Waals surface area contributed by atoms with Gasteiger partial charge in [0.15, 0.2) is 0 Å². The van der Waals surface area contributed by atoms with Crippen LogP contribution in [0.3, 0.4) is 0 Å². The number of hydrogen-bond acceptors (Lipinski definition) is 1. The van der Waals surface area contributed by atoms with Crippen LogP contribution in [0.25, 0.3) is 0 Å². The molecule has 2 bridgehead atoms. The van der Waals surface area contributed by atoms with E-state index in [1.54, 1.807) is 0 Å². The lowest BCUT2D eigenvalue weighted by molar-refractivity contribution is -0.119. The first kappa shape index (κ1) is 20.7. The molecule has 1 heteroatoms. The van der Waals surface area contributed by atoms with Crippen molar-refractivity contribution in [1.29, 1.82) is 0 Å². The summed E-state index contributed by atoms with van der Waals surface area (Å²) >= 11 is 0. The smallest absolute Gasteiger partial charge is 0.100 e. The Morgan fingerprint density at radius 2 is 1.69 bits per heavy atom. The molecule has 0 N–H and O–H groups in total. The molecule has 0 saturated heterocycles. The molecular weight excluding hydrogens is 352 g/mol. The standard InChI is InChI=1S/C28H38O/c1-4-29-28(26-13-6-5-10-22(26)3,20-24-12-7-9-21(2)19-24)27-14-8-11-23-15-17-25(27)18-16-23/h5-7,9-10,12-13,19,23,25,27H,4,8,11,14-18,20H2,1-3H3. The van der Waals surface area contributed by atoms with Crippen LogP contribution in [-0.2, 0) is 16.8 Å². The lowest BCUT2D eigenvalue weighted by Gasteiger charge is -2.49. The van der Waals surface area contributed by atoms with Gasteiger partial charge in [0.25, 0.3) is 0 Å². The van der Waals surface area contributed by atoms with E-state index in [0.29, 0.717) is 5.92 Å². The lowest BCUT2D eigenvalue weighted by Crippen LogP contribution is -2.46. The van der Waals surface area contributed by atoms with E-state index in [1.165, 1.54) is 67.2 Å². The fourth-order valence-corrected chi connectivity index (χ4v) is 6.45. The van der Waals surface area contributed by atoms with Crippen LogP contribution in [0.2, 0.25) is 0 Å². The number of ether oxygens (including phenoxy) is 1. The summed E-state index contributed by atoms with van der Waals surface area (Å²) in [6.45, 7) is 7.44. The third-order valence-corrected chi connectivity index (χ3v) is 7.74. The molecule has 3 saturated carbocycles. The van der Waals surface area contributed by atoms with Crippen molar-refractivity contribution >= 4 is 0 Å². The molecule has 0 radical (unpaired) electrons. The number of rotatable bonds is 6. The molecule has 3 aliphatic rings. The molecule has 0 heterocycles. The number of aryl methyl sites for hydroxylation is 2. The third-order valence-electron chi connectivity index (χ3n) is 7.74. The Morgan fingerprint density at radius 1 is 0.897 bits per heavy atom. The van der Waals surface area contributed by atoms with E-state index in [9.17, 15) is 0 Å². The summed E-state index contributed by atoms with van der Waals surface area (Å²) in [5.41, 5.74) is 5.34. The van der Waals surface area contributed by atoms with Crippen molar-refractivity contribution in [1.82, 2.24) is 0 Å². The molecule has 0 amide bonds. The van der Waals surface area contributed by atoms with Crippen molar-refractivity contribution in [3.05, 3.63) is 70.8 Å². The van der Waals surface area contributed by atoms with Crippen molar-refractivity contribution < 1.29 is 4.74 Å². The van der Waals surface area contributed by atoms with E-state index in [1.807, 2.05) is 0 Å². The quantitative estimate of drug-likeness (QED) is 0.500. The summed E-state index contributed by atoms with van der Waals surface area (Å²) in [4.78, 5) is 0. The SMILES string of the molecule is CCOC(Cc1cccc(C)c1)(c1ccccc1C)C1CCCC2CCC1CC2. The second-order valence-corrected chi connectivity index (χ2v) is 9.62. The molecule has 2 atom stereocenters. The van der Waals surface area contributed by atoms with E-state index in [0.717, 1.165) is 24.9 Å². The maximum Gasteiger partial charge on any atom is 0.100 e. The van der Waals surface area contributed by atoms with E-state index in [2.05, 4.69) is 69.3 Å². The predicted molar refractivity (Wildman–Crippen MR) is 122 cm³/mol. The van der Waals surface area contributed by atoms with Crippen molar-refractivity contribution in [3.8, 4) is 0 Å². The second-order valence-electron chi connectivity index (χ2n) is 9.62.